The van der Waals surface area contributed by atoms with E-state index in [0.29, 0.717) is 5.69 Å². The molecule has 1 aromatic carbocycles. The Labute approximate surface area is 87.5 Å². The zero-order valence-corrected chi connectivity index (χ0v) is 8.74. The highest BCUT2D eigenvalue weighted by atomic mass is 16.1. The Morgan fingerprint density at radius 2 is 2.20 bits per heavy atom. The van der Waals surface area contributed by atoms with Crippen molar-refractivity contribution < 1.29 is 0 Å². The summed E-state index contributed by atoms with van der Waals surface area (Å²) in [6, 6.07) is 7.77. The van der Waals surface area contributed by atoms with Gasteiger partial charge in [0.25, 0.3) is 5.56 Å². The largest absolute Gasteiger partial charge is 0.382 e. The summed E-state index contributed by atoms with van der Waals surface area (Å²) in [6.45, 7) is 2.00. The monoisotopic (exact) mass is 203 g/mol. The second-order valence-electron chi connectivity index (χ2n) is 3.42. The zero-order valence-electron chi connectivity index (χ0n) is 8.74. The summed E-state index contributed by atoms with van der Waals surface area (Å²) in [6.07, 6.45) is 1.66. The first-order chi connectivity index (χ1) is 7.22. The molecule has 4 heteroatoms. The third kappa shape index (κ3) is 1.66. The number of aromatic nitrogens is 2. The van der Waals surface area contributed by atoms with Crippen LogP contribution in [0.15, 0.2) is 35.3 Å². The lowest BCUT2D eigenvalue weighted by Gasteiger charge is -2.01. The average molecular weight is 203 g/mol. The maximum atomic E-state index is 11.8. The highest BCUT2D eigenvalue weighted by Gasteiger charge is 2.05. The highest BCUT2D eigenvalue weighted by molar-refractivity contribution is 5.42. The second kappa shape index (κ2) is 3.65. The van der Waals surface area contributed by atoms with Crippen molar-refractivity contribution in [1.29, 1.82) is 0 Å². The van der Waals surface area contributed by atoms with E-state index in [1.165, 1.54) is 4.68 Å². The molecule has 0 bridgehead atoms. The van der Waals surface area contributed by atoms with Crippen LogP contribution in [0.5, 0.6) is 0 Å². The average Bonchev–Trinajstić information content (AvgIpc) is 2.59. The number of anilines is 1. The summed E-state index contributed by atoms with van der Waals surface area (Å²) < 4.78 is 1.51. The number of benzene rings is 1. The van der Waals surface area contributed by atoms with Gasteiger partial charge in [-0.2, -0.15) is 0 Å². The first-order valence-electron chi connectivity index (χ1n) is 4.77. The molecular weight excluding hydrogens is 190 g/mol. The third-order valence-corrected chi connectivity index (χ3v) is 2.30. The van der Waals surface area contributed by atoms with E-state index in [1.54, 1.807) is 13.2 Å². The molecule has 1 aromatic heterocycles. The standard InChI is InChI=1S/C11H13N3O/c1-8-4-3-5-9(6-8)14-11(15)10(12-2)7-13-14/h3-7,12-13H,1-2H3. The lowest BCUT2D eigenvalue weighted by Crippen LogP contribution is -2.16. The van der Waals surface area contributed by atoms with Crippen molar-refractivity contribution in [3.63, 3.8) is 0 Å². The Bertz CT molecular complexity index is 525. The number of rotatable bonds is 2. The Balaban J connectivity index is 2.55. The van der Waals surface area contributed by atoms with Crippen molar-refractivity contribution in [2.75, 3.05) is 12.4 Å². The van der Waals surface area contributed by atoms with E-state index < -0.39 is 0 Å². The molecule has 0 saturated carbocycles. The van der Waals surface area contributed by atoms with Crippen molar-refractivity contribution in [3.8, 4) is 5.69 Å². The summed E-state index contributed by atoms with van der Waals surface area (Å²) >= 11 is 0. The SMILES string of the molecule is CNc1c[nH]n(-c2cccc(C)c2)c1=O. The van der Waals surface area contributed by atoms with Crippen LogP contribution in [0, 0.1) is 6.92 Å². The molecule has 0 amide bonds. The van der Waals surface area contributed by atoms with Crippen molar-refractivity contribution in [2.45, 2.75) is 6.92 Å². The Kier molecular flexibility index (Phi) is 2.33. The predicted octanol–water partition coefficient (Wildman–Crippen LogP) is 1.52. The van der Waals surface area contributed by atoms with Gasteiger partial charge in [0.15, 0.2) is 0 Å². The quantitative estimate of drug-likeness (QED) is 0.777. The first kappa shape index (κ1) is 9.58. The van der Waals surface area contributed by atoms with Crippen LogP contribution in [0.1, 0.15) is 5.56 Å². The van der Waals surface area contributed by atoms with Gasteiger partial charge in [0.05, 0.1) is 5.69 Å². The van der Waals surface area contributed by atoms with E-state index in [1.807, 2.05) is 31.2 Å². The van der Waals surface area contributed by atoms with Gasteiger partial charge in [-0.15, -0.1) is 0 Å². The topological polar surface area (TPSA) is 49.8 Å². The van der Waals surface area contributed by atoms with Crippen LogP contribution >= 0.6 is 0 Å². The molecule has 0 aliphatic carbocycles. The van der Waals surface area contributed by atoms with Gasteiger partial charge in [-0.05, 0) is 24.6 Å². The summed E-state index contributed by atoms with van der Waals surface area (Å²) in [5.74, 6) is 0. The van der Waals surface area contributed by atoms with Gasteiger partial charge in [-0.25, -0.2) is 4.68 Å². The molecule has 2 aromatic rings. The number of aromatic amines is 1. The van der Waals surface area contributed by atoms with Crippen LogP contribution in [-0.4, -0.2) is 16.8 Å². The molecule has 0 atom stereocenters. The van der Waals surface area contributed by atoms with E-state index in [2.05, 4.69) is 10.4 Å². The van der Waals surface area contributed by atoms with Gasteiger partial charge < -0.3 is 5.32 Å². The van der Waals surface area contributed by atoms with Gasteiger partial charge in [0.2, 0.25) is 0 Å². The van der Waals surface area contributed by atoms with Gasteiger partial charge in [0, 0.05) is 13.2 Å². The first-order valence-corrected chi connectivity index (χ1v) is 4.77. The molecule has 0 aliphatic rings. The number of hydrogen-bond donors (Lipinski definition) is 2. The second-order valence-corrected chi connectivity index (χ2v) is 3.42. The maximum Gasteiger partial charge on any atom is 0.294 e. The van der Waals surface area contributed by atoms with Gasteiger partial charge in [0.1, 0.15) is 5.69 Å². The summed E-state index contributed by atoms with van der Waals surface area (Å²) in [5.41, 5.74) is 2.47. The Morgan fingerprint density at radius 1 is 1.40 bits per heavy atom. The number of nitrogens with zero attached hydrogens (tertiary/aromatic N) is 1. The van der Waals surface area contributed by atoms with Crippen molar-refractivity contribution in [3.05, 3.63) is 46.4 Å². The fourth-order valence-electron chi connectivity index (χ4n) is 1.51. The molecular formula is C11H13N3O. The van der Waals surface area contributed by atoms with Gasteiger partial charge in [-0.3, -0.25) is 9.89 Å². The van der Waals surface area contributed by atoms with Crippen LogP contribution in [0.2, 0.25) is 0 Å². The van der Waals surface area contributed by atoms with E-state index in [0.717, 1.165) is 11.3 Å². The maximum absolute atomic E-state index is 11.8. The summed E-state index contributed by atoms with van der Waals surface area (Å²) in [7, 11) is 1.73. The minimum atomic E-state index is -0.0666. The van der Waals surface area contributed by atoms with E-state index in [-0.39, 0.29) is 5.56 Å². The van der Waals surface area contributed by atoms with Crippen LogP contribution < -0.4 is 10.9 Å². The molecule has 0 fully saturated rings. The van der Waals surface area contributed by atoms with Gasteiger partial charge >= 0.3 is 0 Å². The molecule has 15 heavy (non-hydrogen) atoms. The van der Waals surface area contributed by atoms with Crippen molar-refractivity contribution in [2.24, 2.45) is 0 Å². The molecule has 1 heterocycles. The van der Waals surface area contributed by atoms with Crippen LogP contribution in [0.4, 0.5) is 5.69 Å². The zero-order chi connectivity index (χ0) is 10.8. The molecule has 0 aliphatic heterocycles. The number of aryl methyl sites for hydroxylation is 1. The Hall–Kier alpha value is -1.97. The molecule has 4 nitrogen and oxygen atoms in total. The third-order valence-electron chi connectivity index (χ3n) is 2.30. The predicted molar refractivity (Wildman–Crippen MR) is 60.7 cm³/mol. The van der Waals surface area contributed by atoms with Crippen molar-refractivity contribution in [1.82, 2.24) is 9.78 Å². The number of hydrogen-bond acceptors (Lipinski definition) is 2. The molecule has 2 N–H and O–H groups in total. The molecule has 0 radical (unpaired) electrons. The number of nitrogens with one attached hydrogen (secondary N) is 2. The lowest BCUT2D eigenvalue weighted by atomic mass is 10.2. The minimum Gasteiger partial charge on any atom is -0.382 e. The summed E-state index contributed by atoms with van der Waals surface area (Å²) in [4.78, 5) is 11.8. The molecule has 0 unspecified atom stereocenters. The summed E-state index contributed by atoms with van der Waals surface area (Å²) in [5, 5.41) is 5.75. The fourth-order valence-corrected chi connectivity index (χ4v) is 1.51. The molecule has 0 saturated heterocycles. The van der Waals surface area contributed by atoms with Crippen LogP contribution in [0.25, 0.3) is 5.69 Å². The van der Waals surface area contributed by atoms with E-state index in [9.17, 15) is 4.79 Å². The normalized spacial score (nSPS) is 10.3. The Morgan fingerprint density at radius 3 is 2.80 bits per heavy atom. The lowest BCUT2D eigenvalue weighted by molar-refractivity contribution is 0.848. The minimum absolute atomic E-state index is 0.0666. The van der Waals surface area contributed by atoms with Crippen molar-refractivity contribution >= 4 is 5.69 Å². The van der Waals surface area contributed by atoms with Gasteiger partial charge in [-0.1, -0.05) is 12.1 Å². The fraction of sp³-hybridized carbons (Fsp3) is 0.182. The smallest absolute Gasteiger partial charge is 0.294 e. The molecule has 0 spiro atoms. The van der Waals surface area contributed by atoms with E-state index in [4.69, 9.17) is 0 Å². The number of H-pyrrole nitrogens is 1. The molecule has 78 valence electrons. The highest BCUT2D eigenvalue weighted by Crippen LogP contribution is 2.08. The molecule has 2 rings (SSSR count). The van der Waals surface area contributed by atoms with Crippen LogP contribution in [-0.2, 0) is 0 Å². The van der Waals surface area contributed by atoms with Crippen LogP contribution in [0.3, 0.4) is 0 Å². The van der Waals surface area contributed by atoms with E-state index >= 15 is 0 Å².